The first-order chi connectivity index (χ1) is 14.3. The number of anilines is 1. The minimum Gasteiger partial charge on any atom is -0.493 e. The Morgan fingerprint density at radius 2 is 1.80 bits per heavy atom. The standard InChI is InChI=1S/C21H24N4O5/c1-13-5-6-14(2)16(9-13)24-19(26)12-30-17-8-7-15(10-18(17)29-4)11-23-25-21(28)20(27)22-3/h5-11H,12H2,1-4H3,(H,22,27)(H,24,26)(H,25,28)/b23-11-. The number of carbonyl (C=O) groups excluding carboxylic acids is 3. The van der Waals surface area contributed by atoms with E-state index in [4.69, 9.17) is 9.47 Å². The highest BCUT2D eigenvalue weighted by molar-refractivity contribution is 6.35. The molecule has 3 N–H and O–H groups in total. The second-order valence-corrected chi connectivity index (χ2v) is 6.34. The molecule has 0 spiro atoms. The van der Waals surface area contributed by atoms with E-state index in [-0.39, 0.29) is 12.5 Å². The maximum atomic E-state index is 12.2. The van der Waals surface area contributed by atoms with Gasteiger partial charge in [-0.25, -0.2) is 5.43 Å². The van der Waals surface area contributed by atoms with E-state index in [0.29, 0.717) is 17.1 Å². The predicted octanol–water partition coefficient (Wildman–Crippen LogP) is 1.53. The van der Waals surface area contributed by atoms with Gasteiger partial charge >= 0.3 is 11.8 Å². The maximum absolute atomic E-state index is 12.2. The molecule has 3 amide bonds. The summed E-state index contributed by atoms with van der Waals surface area (Å²) >= 11 is 0. The van der Waals surface area contributed by atoms with Gasteiger partial charge in [-0.1, -0.05) is 12.1 Å². The summed E-state index contributed by atoms with van der Waals surface area (Å²) in [5.41, 5.74) is 5.43. The minimum absolute atomic E-state index is 0.195. The highest BCUT2D eigenvalue weighted by atomic mass is 16.5. The number of nitrogens with one attached hydrogen (secondary N) is 3. The number of hydrogen-bond donors (Lipinski definition) is 3. The second-order valence-electron chi connectivity index (χ2n) is 6.34. The van der Waals surface area contributed by atoms with E-state index in [1.165, 1.54) is 20.4 Å². The van der Waals surface area contributed by atoms with E-state index in [9.17, 15) is 14.4 Å². The number of methoxy groups -OCH3 is 1. The largest absolute Gasteiger partial charge is 0.493 e. The third kappa shape index (κ3) is 6.33. The SMILES string of the molecule is CNC(=O)C(=O)N/N=C\c1ccc(OCC(=O)Nc2cc(C)ccc2C)c(OC)c1. The van der Waals surface area contributed by atoms with Crippen LogP contribution in [-0.2, 0) is 14.4 Å². The molecule has 0 atom stereocenters. The Labute approximate surface area is 174 Å². The number of amides is 3. The monoisotopic (exact) mass is 412 g/mol. The van der Waals surface area contributed by atoms with E-state index in [2.05, 4.69) is 21.2 Å². The van der Waals surface area contributed by atoms with Crippen molar-refractivity contribution in [2.45, 2.75) is 13.8 Å². The highest BCUT2D eigenvalue weighted by Crippen LogP contribution is 2.27. The number of aryl methyl sites for hydroxylation is 2. The van der Waals surface area contributed by atoms with Crippen molar-refractivity contribution in [2.75, 3.05) is 26.1 Å². The van der Waals surface area contributed by atoms with Gasteiger partial charge in [0.15, 0.2) is 18.1 Å². The van der Waals surface area contributed by atoms with Crippen LogP contribution in [0.1, 0.15) is 16.7 Å². The van der Waals surface area contributed by atoms with E-state index in [1.54, 1.807) is 18.2 Å². The molecule has 2 aromatic rings. The summed E-state index contributed by atoms with van der Waals surface area (Å²) in [6, 6.07) is 10.7. The summed E-state index contributed by atoms with van der Waals surface area (Å²) < 4.78 is 10.9. The molecule has 0 radical (unpaired) electrons. The number of nitrogens with zero attached hydrogens (tertiary/aromatic N) is 1. The van der Waals surface area contributed by atoms with Crippen LogP contribution in [0.25, 0.3) is 0 Å². The summed E-state index contributed by atoms with van der Waals surface area (Å²) in [7, 11) is 2.81. The predicted molar refractivity (Wildman–Crippen MR) is 113 cm³/mol. The second kappa shape index (κ2) is 10.6. The Balaban J connectivity index is 1.97. The van der Waals surface area contributed by atoms with E-state index >= 15 is 0 Å². The topological polar surface area (TPSA) is 118 Å². The van der Waals surface area contributed by atoms with Crippen LogP contribution >= 0.6 is 0 Å². The average molecular weight is 412 g/mol. The molecule has 0 unspecified atom stereocenters. The molecule has 0 aliphatic carbocycles. The number of likely N-dealkylation sites (N-methyl/N-ethyl adjacent to an activating group) is 1. The van der Waals surface area contributed by atoms with Gasteiger partial charge in [-0.2, -0.15) is 5.10 Å². The Bertz CT molecular complexity index is 972. The van der Waals surface area contributed by atoms with Crippen molar-refractivity contribution in [3.05, 3.63) is 53.1 Å². The molecule has 0 aliphatic heterocycles. The van der Waals surface area contributed by atoms with Crippen LogP contribution in [0.3, 0.4) is 0 Å². The van der Waals surface area contributed by atoms with Crippen LogP contribution in [0.5, 0.6) is 11.5 Å². The Kier molecular flexibility index (Phi) is 7.92. The quantitative estimate of drug-likeness (QED) is 0.362. The fourth-order valence-corrected chi connectivity index (χ4v) is 2.41. The fourth-order valence-electron chi connectivity index (χ4n) is 2.41. The molecular weight excluding hydrogens is 388 g/mol. The van der Waals surface area contributed by atoms with Crippen molar-refractivity contribution in [3.8, 4) is 11.5 Å². The van der Waals surface area contributed by atoms with Crippen LogP contribution in [0.15, 0.2) is 41.5 Å². The molecule has 9 heteroatoms. The van der Waals surface area contributed by atoms with Crippen LogP contribution in [-0.4, -0.2) is 44.7 Å². The zero-order chi connectivity index (χ0) is 22.1. The number of hydrogen-bond acceptors (Lipinski definition) is 6. The average Bonchev–Trinajstić information content (AvgIpc) is 2.74. The van der Waals surface area contributed by atoms with Crippen molar-refractivity contribution in [1.82, 2.24) is 10.7 Å². The van der Waals surface area contributed by atoms with Gasteiger partial charge in [-0.15, -0.1) is 0 Å². The minimum atomic E-state index is -0.879. The molecule has 0 aromatic heterocycles. The van der Waals surface area contributed by atoms with Gasteiger partial charge < -0.3 is 20.1 Å². The molecule has 30 heavy (non-hydrogen) atoms. The van der Waals surface area contributed by atoms with E-state index in [0.717, 1.165) is 16.8 Å². The van der Waals surface area contributed by atoms with Gasteiger partial charge in [0, 0.05) is 12.7 Å². The molecule has 0 heterocycles. The number of benzene rings is 2. The van der Waals surface area contributed by atoms with Crippen molar-refractivity contribution < 1.29 is 23.9 Å². The normalized spacial score (nSPS) is 10.4. The van der Waals surface area contributed by atoms with Crippen LogP contribution in [0.4, 0.5) is 5.69 Å². The van der Waals surface area contributed by atoms with Gasteiger partial charge in [0.05, 0.1) is 13.3 Å². The maximum Gasteiger partial charge on any atom is 0.329 e. The van der Waals surface area contributed by atoms with Crippen molar-refractivity contribution in [3.63, 3.8) is 0 Å². The first-order valence-electron chi connectivity index (χ1n) is 9.07. The lowest BCUT2D eigenvalue weighted by atomic mass is 10.1. The van der Waals surface area contributed by atoms with Gasteiger partial charge in [0.2, 0.25) is 0 Å². The summed E-state index contributed by atoms with van der Waals surface area (Å²) in [5, 5.41) is 8.72. The van der Waals surface area contributed by atoms with Gasteiger partial charge in [0.25, 0.3) is 5.91 Å². The molecule has 9 nitrogen and oxygen atoms in total. The van der Waals surface area contributed by atoms with Gasteiger partial charge in [-0.3, -0.25) is 14.4 Å². The van der Waals surface area contributed by atoms with Crippen LogP contribution in [0, 0.1) is 13.8 Å². The molecule has 158 valence electrons. The summed E-state index contributed by atoms with van der Waals surface area (Å²) in [6.07, 6.45) is 1.35. The highest BCUT2D eigenvalue weighted by Gasteiger charge is 2.11. The summed E-state index contributed by atoms with van der Waals surface area (Å²) in [5.74, 6) is -1.22. The lowest BCUT2D eigenvalue weighted by molar-refractivity contribution is -0.138. The zero-order valence-electron chi connectivity index (χ0n) is 17.2. The first-order valence-corrected chi connectivity index (χ1v) is 9.07. The summed E-state index contributed by atoms with van der Waals surface area (Å²) in [4.78, 5) is 34.7. The van der Waals surface area contributed by atoms with E-state index < -0.39 is 11.8 Å². The number of carbonyl (C=O) groups is 3. The molecule has 2 rings (SSSR count). The third-order valence-electron chi connectivity index (χ3n) is 4.03. The van der Waals surface area contributed by atoms with Crippen LogP contribution in [0.2, 0.25) is 0 Å². The van der Waals surface area contributed by atoms with Gasteiger partial charge in [0.1, 0.15) is 0 Å². The Hall–Kier alpha value is -3.88. The number of ether oxygens (including phenoxy) is 2. The molecule has 0 saturated heterocycles. The molecule has 0 fully saturated rings. The smallest absolute Gasteiger partial charge is 0.329 e. The first kappa shape index (κ1) is 22.4. The van der Waals surface area contributed by atoms with Crippen molar-refractivity contribution in [2.24, 2.45) is 5.10 Å². The lowest BCUT2D eigenvalue weighted by Crippen LogP contribution is -2.35. The van der Waals surface area contributed by atoms with Crippen LogP contribution < -0.4 is 25.5 Å². The number of hydrazone groups is 1. The van der Waals surface area contributed by atoms with E-state index in [1.807, 2.05) is 32.0 Å². The molecule has 2 aromatic carbocycles. The van der Waals surface area contributed by atoms with Gasteiger partial charge in [-0.05, 0) is 54.8 Å². The molecule has 0 aliphatic rings. The summed E-state index contributed by atoms with van der Waals surface area (Å²) in [6.45, 7) is 3.67. The number of rotatable bonds is 7. The van der Waals surface area contributed by atoms with Crippen molar-refractivity contribution in [1.29, 1.82) is 0 Å². The Morgan fingerprint density at radius 1 is 1.03 bits per heavy atom. The fraction of sp³-hybridized carbons (Fsp3) is 0.238. The third-order valence-corrected chi connectivity index (χ3v) is 4.03. The Morgan fingerprint density at radius 3 is 2.50 bits per heavy atom. The van der Waals surface area contributed by atoms with Crippen molar-refractivity contribution >= 4 is 29.6 Å². The molecule has 0 bridgehead atoms. The molecule has 0 saturated carbocycles. The lowest BCUT2D eigenvalue weighted by Gasteiger charge is -2.12. The zero-order valence-corrected chi connectivity index (χ0v) is 17.2. The molecular formula is C21H24N4O5.